The molecule has 0 unspecified atom stereocenters. The van der Waals surface area contributed by atoms with Gasteiger partial charge >= 0.3 is 0 Å². The number of nitrogens with one attached hydrogen (secondary N) is 1. The number of hydrogen-bond acceptors (Lipinski definition) is 6. The van der Waals surface area contributed by atoms with Crippen molar-refractivity contribution >= 4 is 32.7 Å². The Morgan fingerprint density at radius 1 is 1.25 bits per heavy atom. The first-order valence-electron chi connectivity index (χ1n) is 10.3. The lowest BCUT2D eigenvalue weighted by atomic mass is 10.0. The van der Waals surface area contributed by atoms with E-state index in [1.165, 1.54) is 34.6 Å². The summed E-state index contributed by atoms with van der Waals surface area (Å²) in [7, 11) is -2.37. The summed E-state index contributed by atoms with van der Waals surface area (Å²) in [5.41, 5.74) is 1.42. The zero-order valence-electron chi connectivity index (χ0n) is 17.6. The zero-order valence-corrected chi connectivity index (χ0v) is 18.4. The van der Waals surface area contributed by atoms with Crippen molar-refractivity contribution in [3.05, 3.63) is 48.3 Å². The number of nitrogens with zero attached hydrogens (tertiary/aromatic N) is 4. The Bertz CT molecular complexity index is 1230. The number of benzene rings is 2. The highest BCUT2D eigenvalue weighted by Crippen LogP contribution is 2.28. The highest BCUT2D eigenvalue weighted by atomic mass is 32.2. The molecule has 1 aliphatic heterocycles. The molecule has 1 saturated heterocycles. The molecule has 0 saturated carbocycles. The van der Waals surface area contributed by atoms with Gasteiger partial charge in [0, 0.05) is 19.3 Å². The molecule has 11 heteroatoms. The van der Waals surface area contributed by atoms with Gasteiger partial charge in [0.25, 0.3) is 0 Å². The van der Waals surface area contributed by atoms with Crippen molar-refractivity contribution in [3.8, 4) is 0 Å². The van der Waals surface area contributed by atoms with Gasteiger partial charge in [-0.2, -0.15) is 4.31 Å². The van der Waals surface area contributed by atoms with Crippen molar-refractivity contribution < 1.29 is 22.3 Å². The van der Waals surface area contributed by atoms with E-state index in [9.17, 15) is 17.6 Å². The van der Waals surface area contributed by atoms with Gasteiger partial charge in [-0.25, -0.2) is 17.5 Å². The van der Waals surface area contributed by atoms with Crippen LogP contribution < -0.4 is 5.32 Å². The number of anilines is 1. The predicted molar refractivity (Wildman–Crippen MR) is 116 cm³/mol. The molecule has 4 rings (SSSR count). The maximum Gasteiger partial charge on any atom is 0.243 e. The number of amides is 1. The van der Waals surface area contributed by atoms with E-state index in [4.69, 9.17) is 4.74 Å². The largest absolute Gasteiger partial charge is 0.383 e. The molecule has 9 nitrogen and oxygen atoms in total. The van der Waals surface area contributed by atoms with Gasteiger partial charge in [0.2, 0.25) is 15.9 Å². The van der Waals surface area contributed by atoms with Crippen molar-refractivity contribution in [1.82, 2.24) is 19.3 Å². The number of rotatable bonds is 7. The minimum Gasteiger partial charge on any atom is -0.383 e. The van der Waals surface area contributed by atoms with E-state index in [2.05, 4.69) is 15.6 Å². The Balaban J connectivity index is 1.60. The summed E-state index contributed by atoms with van der Waals surface area (Å²) in [5.74, 6) is -0.965. The number of piperidine rings is 1. The van der Waals surface area contributed by atoms with Crippen LogP contribution in [0.2, 0.25) is 0 Å². The summed E-state index contributed by atoms with van der Waals surface area (Å²) < 4.78 is 48.3. The van der Waals surface area contributed by atoms with Crippen LogP contribution in [0, 0.1) is 5.82 Å². The van der Waals surface area contributed by atoms with Gasteiger partial charge in [-0.1, -0.05) is 17.7 Å². The summed E-state index contributed by atoms with van der Waals surface area (Å²) >= 11 is 0. The molecule has 0 radical (unpaired) electrons. The summed E-state index contributed by atoms with van der Waals surface area (Å²) in [4.78, 5) is 13.0. The first-order valence-corrected chi connectivity index (χ1v) is 11.7. The van der Waals surface area contributed by atoms with E-state index in [0.717, 1.165) is 6.42 Å². The van der Waals surface area contributed by atoms with E-state index in [1.54, 1.807) is 23.9 Å². The lowest BCUT2D eigenvalue weighted by Gasteiger charge is -2.33. The molecule has 2 aromatic carbocycles. The first-order chi connectivity index (χ1) is 15.4. The maximum absolute atomic E-state index is 13.5. The summed E-state index contributed by atoms with van der Waals surface area (Å²) in [5, 5.41) is 10.8. The standard InChI is InChI=1S/C21H24FN5O4S/c1-31-12-11-26-19-9-8-17(14-18(19)24-25-26)32(29,30)27-10-3-2-7-20(27)21(28)23-16-6-4-5-15(22)13-16/h4-6,8-9,13-14,20H,2-3,7,10-12H2,1H3,(H,23,28)/t20-/m0/s1. The van der Waals surface area contributed by atoms with Crippen molar-refractivity contribution in [1.29, 1.82) is 0 Å². The molecule has 170 valence electrons. The Morgan fingerprint density at radius 2 is 2.09 bits per heavy atom. The third-order valence-corrected chi connectivity index (χ3v) is 7.35. The van der Waals surface area contributed by atoms with Crippen LogP contribution in [0.3, 0.4) is 0 Å². The topological polar surface area (TPSA) is 106 Å². The lowest BCUT2D eigenvalue weighted by Crippen LogP contribution is -2.49. The summed E-state index contributed by atoms with van der Waals surface area (Å²) in [6.07, 6.45) is 1.76. The quantitative estimate of drug-likeness (QED) is 0.579. The number of sulfonamides is 1. The molecule has 0 spiro atoms. The second kappa shape index (κ2) is 9.31. The van der Waals surface area contributed by atoms with E-state index in [-0.39, 0.29) is 17.1 Å². The number of fused-ring (bicyclic) bond motifs is 1. The molecule has 1 amide bonds. The SMILES string of the molecule is COCCn1nnc2cc(S(=O)(=O)N3CCCC[C@H]3C(=O)Nc3cccc(F)c3)ccc21. The monoisotopic (exact) mass is 461 g/mol. The fourth-order valence-corrected chi connectivity index (χ4v) is 5.51. The average molecular weight is 462 g/mol. The molecule has 2 heterocycles. The van der Waals surface area contributed by atoms with E-state index in [1.807, 2.05) is 0 Å². The number of ether oxygens (including phenoxy) is 1. The molecule has 1 aromatic heterocycles. The van der Waals surface area contributed by atoms with E-state index in [0.29, 0.717) is 37.0 Å². The molecule has 0 aliphatic carbocycles. The molecule has 32 heavy (non-hydrogen) atoms. The van der Waals surface area contributed by atoms with Crippen LogP contribution in [0.5, 0.6) is 0 Å². The van der Waals surface area contributed by atoms with E-state index >= 15 is 0 Å². The Hall–Kier alpha value is -2.89. The number of methoxy groups -OCH3 is 1. The van der Waals surface area contributed by atoms with Crippen molar-refractivity contribution in [3.63, 3.8) is 0 Å². The van der Waals surface area contributed by atoms with Crippen LogP contribution in [0.15, 0.2) is 47.4 Å². The number of halogens is 1. The molecule has 0 bridgehead atoms. The van der Waals surface area contributed by atoms with Crippen LogP contribution >= 0.6 is 0 Å². The number of carbonyl (C=O) groups excluding carboxylic acids is 1. The van der Waals surface area contributed by atoms with Crippen LogP contribution in [-0.4, -0.2) is 59.9 Å². The van der Waals surface area contributed by atoms with Gasteiger partial charge < -0.3 is 10.1 Å². The Labute approximate surface area is 185 Å². The Kier molecular flexibility index (Phi) is 6.49. The van der Waals surface area contributed by atoms with Crippen molar-refractivity contribution in [2.75, 3.05) is 25.6 Å². The molecule has 1 aliphatic rings. The molecule has 1 atom stereocenters. The lowest BCUT2D eigenvalue weighted by molar-refractivity contribution is -0.120. The van der Waals surface area contributed by atoms with Gasteiger partial charge in [0.15, 0.2) is 0 Å². The fraction of sp³-hybridized carbons (Fsp3) is 0.381. The van der Waals surface area contributed by atoms with Crippen LogP contribution in [0.25, 0.3) is 11.0 Å². The molecule has 3 aromatic rings. The predicted octanol–water partition coefficient (Wildman–Crippen LogP) is 2.40. The first kappa shape index (κ1) is 22.3. The third kappa shape index (κ3) is 4.50. The fourth-order valence-electron chi connectivity index (χ4n) is 3.84. The van der Waals surface area contributed by atoms with Crippen molar-refractivity contribution in [2.45, 2.75) is 36.7 Å². The zero-order chi connectivity index (χ0) is 22.7. The molecule has 1 N–H and O–H groups in total. The highest BCUT2D eigenvalue weighted by Gasteiger charge is 2.38. The third-order valence-electron chi connectivity index (χ3n) is 5.45. The van der Waals surface area contributed by atoms with Gasteiger partial charge in [0.05, 0.1) is 23.6 Å². The number of hydrogen-bond donors (Lipinski definition) is 1. The van der Waals surface area contributed by atoms with Crippen LogP contribution in [0.4, 0.5) is 10.1 Å². The Morgan fingerprint density at radius 3 is 2.88 bits per heavy atom. The molecule has 1 fully saturated rings. The van der Waals surface area contributed by atoms with Gasteiger partial charge in [-0.15, -0.1) is 5.10 Å². The van der Waals surface area contributed by atoms with Crippen LogP contribution in [-0.2, 0) is 26.1 Å². The smallest absolute Gasteiger partial charge is 0.243 e. The second-order valence-corrected chi connectivity index (χ2v) is 9.47. The minimum absolute atomic E-state index is 0.0502. The molecular weight excluding hydrogens is 437 g/mol. The van der Waals surface area contributed by atoms with Crippen LogP contribution in [0.1, 0.15) is 19.3 Å². The minimum atomic E-state index is -3.96. The number of aromatic nitrogens is 3. The maximum atomic E-state index is 13.5. The number of carbonyl (C=O) groups is 1. The average Bonchev–Trinajstić information content (AvgIpc) is 3.20. The molecular formula is C21H24FN5O4S. The van der Waals surface area contributed by atoms with Gasteiger partial charge in [0.1, 0.15) is 17.4 Å². The summed E-state index contributed by atoms with van der Waals surface area (Å²) in [6.45, 7) is 1.17. The second-order valence-electron chi connectivity index (χ2n) is 7.58. The van der Waals surface area contributed by atoms with E-state index < -0.39 is 27.8 Å². The highest BCUT2D eigenvalue weighted by molar-refractivity contribution is 7.89. The summed E-state index contributed by atoms with van der Waals surface area (Å²) in [6, 6.07) is 9.25. The normalized spacial score (nSPS) is 17.5. The van der Waals surface area contributed by atoms with Gasteiger partial charge in [-0.05, 0) is 49.2 Å². The van der Waals surface area contributed by atoms with Crippen molar-refractivity contribution in [2.24, 2.45) is 0 Å². The van der Waals surface area contributed by atoms with Gasteiger partial charge in [-0.3, -0.25) is 4.79 Å².